The molecule has 2 aliphatic rings. The number of ether oxygens (including phenoxy) is 2. The summed E-state index contributed by atoms with van der Waals surface area (Å²) in [7, 11) is 0. The molecule has 0 saturated carbocycles. The van der Waals surface area contributed by atoms with Gasteiger partial charge in [0.1, 0.15) is 6.10 Å². The summed E-state index contributed by atoms with van der Waals surface area (Å²) < 4.78 is 11.1. The van der Waals surface area contributed by atoms with Gasteiger partial charge in [0.05, 0.1) is 30.4 Å². The lowest BCUT2D eigenvalue weighted by molar-refractivity contribution is -0.0452. The molecule has 4 nitrogen and oxygen atoms in total. The summed E-state index contributed by atoms with van der Waals surface area (Å²) in [4.78, 5) is 0. The fourth-order valence-electron chi connectivity index (χ4n) is 2.53. The lowest BCUT2D eigenvalue weighted by Gasteiger charge is -2.28. The van der Waals surface area contributed by atoms with E-state index in [0.29, 0.717) is 31.6 Å². The van der Waals surface area contributed by atoms with Crippen LogP contribution >= 0.6 is 0 Å². The van der Waals surface area contributed by atoms with E-state index in [1.165, 1.54) is 0 Å². The van der Waals surface area contributed by atoms with E-state index in [2.05, 4.69) is 6.07 Å². The van der Waals surface area contributed by atoms with Crippen LogP contribution in [-0.2, 0) is 9.47 Å². The summed E-state index contributed by atoms with van der Waals surface area (Å²) in [6.45, 7) is 1.23. The SMILES string of the molecule is N#Cc1cccc(C2CC(O)CCO2)c1C1CO1. The number of nitrogens with zero attached hydrogens (tertiary/aromatic N) is 1. The first kappa shape index (κ1) is 11.7. The van der Waals surface area contributed by atoms with Crippen LogP contribution in [0.2, 0.25) is 0 Å². The van der Waals surface area contributed by atoms with Crippen LogP contribution in [0, 0.1) is 11.3 Å². The number of aliphatic hydroxyl groups is 1. The first-order chi connectivity index (χ1) is 8.79. The second-order valence-electron chi connectivity index (χ2n) is 4.78. The minimum Gasteiger partial charge on any atom is -0.393 e. The molecule has 3 atom stereocenters. The number of hydrogen-bond donors (Lipinski definition) is 1. The summed E-state index contributed by atoms with van der Waals surface area (Å²) in [5.41, 5.74) is 2.59. The molecule has 0 spiro atoms. The predicted molar refractivity (Wildman–Crippen MR) is 63.8 cm³/mol. The number of epoxide rings is 1. The monoisotopic (exact) mass is 245 g/mol. The molecule has 0 radical (unpaired) electrons. The second kappa shape index (κ2) is 4.69. The van der Waals surface area contributed by atoms with Crippen molar-refractivity contribution in [2.75, 3.05) is 13.2 Å². The van der Waals surface area contributed by atoms with E-state index < -0.39 is 0 Å². The summed E-state index contributed by atoms with van der Waals surface area (Å²) in [5.74, 6) is 0. The van der Waals surface area contributed by atoms with Crippen LogP contribution in [0.4, 0.5) is 0 Å². The van der Waals surface area contributed by atoms with Crippen molar-refractivity contribution >= 4 is 0 Å². The summed E-state index contributed by atoms with van der Waals surface area (Å²) in [5, 5.41) is 18.9. The maximum atomic E-state index is 9.74. The minimum absolute atomic E-state index is 0.0264. The van der Waals surface area contributed by atoms with Gasteiger partial charge >= 0.3 is 0 Å². The van der Waals surface area contributed by atoms with Crippen molar-refractivity contribution < 1.29 is 14.6 Å². The average molecular weight is 245 g/mol. The Morgan fingerprint density at radius 1 is 1.28 bits per heavy atom. The molecule has 2 fully saturated rings. The molecule has 2 saturated heterocycles. The Kier molecular flexibility index (Phi) is 3.04. The quantitative estimate of drug-likeness (QED) is 0.807. The van der Waals surface area contributed by atoms with Gasteiger partial charge in [-0.3, -0.25) is 0 Å². The maximum Gasteiger partial charge on any atom is 0.108 e. The van der Waals surface area contributed by atoms with Crippen LogP contribution in [0.25, 0.3) is 0 Å². The van der Waals surface area contributed by atoms with Gasteiger partial charge in [0.2, 0.25) is 0 Å². The predicted octanol–water partition coefficient (Wildman–Crippen LogP) is 1.84. The highest BCUT2D eigenvalue weighted by Gasteiger charge is 2.34. The summed E-state index contributed by atoms with van der Waals surface area (Å²) >= 11 is 0. The van der Waals surface area contributed by atoms with Crippen molar-refractivity contribution in [2.45, 2.75) is 31.2 Å². The molecule has 4 heteroatoms. The Hall–Kier alpha value is -1.41. The van der Waals surface area contributed by atoms with Gasteiger partial charge in [0.15, 0.2) is 0 Å². The number of benzene rings is 1. The largest absolute Gasteiger partial charge is 0.393 e. The highest BCUT2D eigenvalue weighted by Crippen LogP contribution is 2.40. The van der Waals surface area contributed by atoms with Crippen LogP contribution < -0.4 is 0 Å². The second-order valence-corrected chi connectivity index (χ2v) is 4.78. The van der Waals surface area contributed by atoms with Crippen LogP contribution in [0.1, 0.15) is 41.7 Å². The summed E-state index contributed by atoms with van der Waals surface area (Å²) in [6.07, 6.45) is 0.861. The van der Waals surface area contributed by atoms with Gasteiger partial charge in [0.25, 0.3) is 0 Å². The molecule has 0 aliphatic carbocycles. The lowest BCUT2D eigenvalue weighted by atomic mass is 9.91. The van der Waals surface area contributed by atoms with E-state index in [9.17, 15) is 10.4 Å². The van der Waals surface area contributed by atoms with Gasteiger partial charge in [-0.1, -0.05) is 12.1 Å². The molecule has 1 aromatic carbocycles. The minimum atomic E-state index is -0.317. The van der Waals surface area contributed by atoms with E-state index in [-0.39, 0.29) is 18.3 Å². The lowest BCUT2D eigenvalue weighted by Crippen LogP contribution is -2.24. The molecular weight excluding hydrogens is 230 g/mol. The number of aliphatic hydroxyl groups excluding tert-OH is 1. The number of nitriles is 1. The fourth-order valence-corrected chi connectivity index (χ4v) is 2.53. The van der Waals surface area contributed by atoms with E-state index in [4.69, 9.17) is 9.47 Å². The molecule has 3 rings (SSSR count). The zero-order chi connectivity index (χ0) is 12.5. The first-order valence-electron chi connectivity index (χ1n) is 6.23. The van der Waals surface area contributed by atoms with E-state index in [0.717, 1.165) is 11.1 Å². The molecule has 0 aromatic heterocycles. The third-order valence-corrected chi connectivity index (χ3v) is 3.52. The number of hydrogen-bond acceptors (Lipinski definition) is 4. The Morgan fingerprint density at radius 2 is 2.11 bits per heavy atom. The Labute approximate surface area is 106 Å². The molecule has 2 heterocycles. The Morgan fingerprint density at radius 3 is 2.78 bits per heavy atom. The maximum absolute atomic E-state index is 9.74. The molecule has 18 heavy (non-hydrogen) atoms. The third-order valence-electron chi connectivity index (χ3n) is 3.52. The van der Waals surface area contributed by atoms with Crippen molar-refractivity contribution in [3.63, 3.8) is 0 Å². The normalized spacial score (nSPS) is 30.8. The van der Waals surface area contributed by atoms with Gasteiger partial charge in [-0.15, -0.1) is 0 Å². The van der Waals surface area contributed by atoms with Crippen LogP contribution in [0.3, 0.4) is 0 Å². The van der Waals surface area contributed by atoms with Crippen molar-refractivity contribution in [3.8, 4) is 6.07 Å². The smallest absolute Gasteiger partial charge is 0.108 e. The molecule has 0 bridgehead atoms. The van der Waals surface area contributed by atoms with Gasteiger partial charge in [0, 0.05) is 18.6 Å². The van der Waals surface area contributed by atoms with Crippen LogP contribution in [0.5, 0.6) is 0 Å². The van der Waals surface area contributed by atoms with Gasteiger partial charge in [-0.05, 0) is 18.1 Å². The highest BCUT2D eigenvalue weighted by atomic mass is 16.6. The fraction of sp³-hybridized carbons (Fsp3) is 0.500. The zero-order valence-electron chi connectivity index (χ0n) is 10.0. The van der Waals surface area contributed by atoms with Gasteiger partial charge in [-0.25, -0.2) is 0 Å². The standard InChI is InChI=1S/C14H15NO3/c15-7-9-2-1-3-11(14(9)13-8-18-13)12-6-10(16)4-5-17-12/h1-3,10,12-13,16H,4-6,8H2. The topological polar surface area (TPSA) is 65.8 Å². The van der Waals surface area contributed by atoms with E-state index >= 15 is 0 Å². The molecule has 94 valence electrons. The van der Waals surface area contributed by atoms with E-state index in [1.54, 1.807) is 6.07 Å². The van der Waals surface area contributed by atoms with Crippen LogP contribution in [0.15, 0.2) is 18.2 Å². The summed E-state index contributed by atoms with van der Waals surface area (Å²) in [6, 6.07) is 7.85. The Balaban J connectivity index is 1.98. The van der Waals surface area contributed by atoms with Crippen molar-refractivity contribution in [3.05, 3.63) is 34.9 Å². The first-order valence-corrected chi connectivity index (χ1v) is 6.23. The molecule has 3 unspecified atom stereocenters. The van der Waals surface area contributed by atoms with E-state index in [1.807, 2.05) is 12.1 Å². The molecule has 2 aliphatic heterocycles. The third kappa shape index (κ3) is 2.13. The molecule has 0 amide bonds. The number of rotatable bonds is 2. The molecule has 1 N–H and O–H groups in total. The van der Waals surface area contributed by atoms with Crippen molar-refractivity contribution in [1.82, 2.24) is 0 Å². The van der Waals surface area contributed by atoms with Gasteiger partial charge in [-0.2, -0.15) is 5.26 Å². The highest BCUT2D eigenvalue weighted by molar-refractivity contribution is 5.46. The van der Waals surface area contributed by atoms with Gasteiger partial charge < -0.3 is 14.6 Å². The Bertz CT molecular complexity index is 490. The average Bonchev–Trinajstić information content (AvgIpc) is 3.22. The zero-order valence-corrected chi connectivity index (χ0v) is 10.0. The van der Waals surface area contributed by atoms with Crippen molar-refractivity contribution in [2.24, 2.45) is 0 Å². The van der Waals surface area contributed by atoms with Crippen LogP contribution in [-0.4, -0.2) is 24.4 Å². The van der Waals surface area contributed by atoms with Crippen molar-refractivity contribution in [1.29, 1.82) is 5.26 Å². The molecule has 1 aromatic rings. The molecular formula is C14H15NO3.